The minimum Gasteiger partial charge on any atom is -0.479 e. The molecular formula is C16H25O5P. The van der Waals surface area contributed by atoms with Crippen LogP contribution in [0, 0.1) is 0 Å². The lowest BCUT2D eigenvalue weighted by atomic mass is 10.1. The normalized spacial score (nSPS) is 15.2. The Kier molecular flexibility index (Phi) is 8.39. The van der Waals surface area contributed by atoms with Gasteiger partial charge < -0.3 is 9.63 Å². The van der Waals surface area contributed by atoms with E-state index in [2.05, 4.69) is 0 Å². The maximum Gasteiger partial charge on any atom is 0.333 e. The second kappa shape index (κ2) is 9.78. The predicted molar refractivity (Wildman–Crippen MR) is 86.3 cm³/mol. The molecule has 0 fully saturated rings. The van der Waals surface area contributed by atoms with E-state index in [0.29, 0.717) is 19.3 Å². The maximum absolute atomic E-state index is 12.7. The molecule has 1 rings (SSSR count). The van der Waals surface area contributed by atoms with Crippen LogP contribution in [0.2, 0.25) is 0 Å². The molecule has 0 unspecified atom stereocenters. The fourth-order valence-electron chi connectivity index (χ4n) is 2.14. The Bertz CT molecular complexity index is 489. The molecule has 0 radical (unpaired) electrons. The number of carbonyl (C=O) groups is 1. The summed E-state index contributed by atoms with van der Waals surface area (Å²) in [4.78, 5) is 11.2. The molecule has 5 nitrogen and oxygen atoms in total. The molecule has 0 saturated heterocycles. The number of hydrogen-bond donors (Lipinski definition) is 1. The highest BCUT2D eigenvalue weighted by molar-refractivity contribution is 7.53. The fourth-order valence-corrected chi connectivity index (χ4v) is 3.96. The molecule has 0 bridgehead atoms. The van der Waals surface area contributed by atoms with Gasteiger partial charge in [-0.25, -0.2) is 4.79 Å². The lowest BCUT2D eigenvalue weighted by molar-refractivity contribution is -0.145. The molecule has 0 heterocycles. The van der Waals surface area contributed by atoms with Gasteiger partial charge in [-0.1, -0.05) is 43.7 Å². The van der Waals surface area contributed by atoms with Crippen molar-refractivity contribution in [3.05, 3.63) is 35.9 Å². The monoisotopic (exact) mass is 328 g/mol. The first-order valence-corrected chi connectivity index (χ1v) is 9.42. The molecule has 1 aromatic carbocycles. The minimum atomic E-state index is -3.38. The number of aryl methyl sites for hydroxylation is 1. The number of benzene rings is 1. The van der Waals surface area contributed by atoms with Crippen LogP contribution in [0.3, 0.4) is 0 Å². The number of rotatable bonds is 11. The zero-order valence-corrected chi connectivity index (χ0v) is 14.1. The van der Waals surface area contributed by atoms with Gasteiger partial charge in [-0.3, -0.25) is 9.09 Å². The van der Waals surface area contributed by atoms with Crippen molar-refractivity contribution in [3.63, 3.8) is 0 Å². The molecule has 22 heavy (non-hydrogen) atoms. The predicted octanol–water partition coefficient (Wildman–Crippen LogP) is 4.12. The quantitative estimate of drug-likeness (QED) is 0.619. The lowest BCUT2D eigenvalue weighted by Gasteiger charge is -2.22. The summed E-state index contributed by atoms with van der Waals surface area (Å²) in [7, 11) is -3.38. The smallest absolute Gasteiger partial charge is 0.333 e. The molecule has 0 aliphatic rings. The van der Waals surface area contributed by atoms with E-state index in [9.17, 15) is 9.36 Å². The second-order valence-electron chi connectivity index (χ2n) is 5.06. The van der Waals surface area contributed by atoms with Crippen LogP contribution >= 0.6 is 7.60 Å². The second-order valence-corrected chi connectivity index (χ2v) is 7.20. The van der Waals surface area contributed by atoms with E-state index >= 15 is 0 Å². The Hall–Kier alpha value is -1.16. The van der Waals surface area contributed by atoms with Gasteiger partial charge in [0.25, 0.3) is 0 Å². The van der Waals surface area contributed by atoms with Gasteiger partial charge in [0, 0.05) is 0 Å². The molecule has 0 amide bonds. The van der Waals surface area contributed by atoms with Crippen LogP contribution in [-0.4, -0.2) is 29.9 Å². The zero-order valence-electron chi connectivity index (χ0n) is 13.2. The third-order valence-electron chi connectivity index (χ3n) is 3.18. The van der Waals surface area contributed by atoms with Crippen molar-refractivity contribution in [1.82, 2.24) is 0 Å². The van der Waals surface area contributed by atoms with E-state index < -0.39 is 19.7 Å². The Labute approximate surface area is 132 Å². The molecule has 0 saturated carbocycles. The summed E-state index contributed by atoms with van der Waals surface area (Å²) in [5, 5.41) is 9.14. The van der Waals surface area contributed by atoms with Crippen molar-refractivity contribution in [2.45, 2.75) is 45.6 Å². The molecule has 0 aromatic heterocycles. The SMILES string of the molecule is CCC[C@H](O[P@@](=O)(CCCc1ccccc1)OCC)C(=O)O. The highest BCUT2D eigenvalue weighted by Gasteiger charge is 2.31. The Morgan fingerprint density at radius 1 is 1.27 bits per heavy atom. The average molecular weight is 328 g/mol. The highest BCUT2D eigenvalue weighted by atomic mass is 31.2. The summed E-state index contributed by atoms with van der Waals surface area (Å²) in [5.41, 5.74) is 1.15. The molecule has 1 aromatic rings. The van der Waals surface area contributed by atoms with Crippen LogP contribution in [0.5, 0.6) is 0 Å². The Balaban J connectivity index is 2.61. The third kappa shape index (κ3) is 6.73. The van der Waals surface area contributed by atoms with Crippen LogP contribution < -0.4 is 0 Å². The van der Waals surface area contributed by atoms with Crippen molar-refractivity contribution in [2.24, 2.45) is 0 Å². The molecule has 6 heteroatoms. The molecule has 1 N–H and O–H groups in total. The third-order valence-corrected chi connectivity index (χ3v) is 5.27. The summed E-state index contributed by atoms with van der Waals surface area (Å²) < 4.78 is 23.3. The summed E-state index contributed by atoms with van der Waals surface area (Å²) in [6, 6.07) is 9.86. The summed E-state index contributed by atoms with van der Waals surface area (Å²) >= 11 is 0. The van der Waals surface area contributed by atoms with Gasteiger partial charge in [0.2, 0.25) is 0 Å². The van der Waals surface area contributed by atoms with Crippen LogP contribution in [0.25, 0.3) is 0 Å². The zero-order chi connectivity index (χ0) is 16.4. The van der Waals surface area contributed by atoms with E-state index in [4.69, 9.17) is 14.2 Å². The number of carboxylic acids is 1. The van der Waals surface area contributed by atoms with E-state index in [0.717, 1.165) is 12.0 Å². The Morgan fingerprint density at radius 3 is 2.50 bits per heavy atom. The molecule has 0 spiro atoms. The van der Waals surface area contributed by atoms with E-state index in [1.807, 2.05) is 37.3 Å². The lowest BCUT2D eigenvalue weighted by Crippen LogP contribution is -2.23. The van der Waals surface area contributed by atoms with E-state index in [-0.39, 0.29) is 12.8 Å². The van der Waals surface area contributed by atoms with Gasteiger partial charge in [0.1, 0.15) is 0 Å². The first-order valence-electron chi connectivity index (χ1n) is 7.69. The van der Waals surface area contributed by atoms with Crippen LogP contribution in [-0.2, 0) is 24.8 Å². The van der Waals surface area contributed by atoms with Crippen LogP contribution in [0.15, 0.2) is 30.3 Å². The van der Waals surface area contributed by atoms with Gasteiger partial charge in [0.05, 0.1) is 12.8 Å². The molecule has 124 valence electrons. The van der Waals surface area contributed by atoms with Gasteiger partial charge >= 0.3 is 13.6 Å². The average Bonchev–Trinajstić information content (AvgIpc) is 2.48. The van der Waals surface area contributed by atoms with Gasteiger partial charge in [0.15, 0.2) is 6.10 Å². The van der Waals surface area contributed by atoms with Crippen molar-refractivity contribution in [3.8, 4) is 0 Å². The summed E-state index contributed by atoms with van der Waals surface area (Å²) in [6.45, 7) is 3.82. The fraction of sp³-hybridized carbons (Fsp3) is 0.562. The number of carboxylic acid groups (broad SMARTS) is 1. The molecular weight excluding hydrogens is 303 g/mol. The number of aliphatic carboxylic acids is 1. The standard InChI is InChI=1S/C16H25O5P/c1-3-9-15(16(17)18)21-22(19,20-4-2)13-8-12-14-10-6-5-7-11-14/h5-7,10-11,15H,3-4,8-9,12-13H2,1-2H3,(H,17,18)/t15-,22+/m0/s1. The van der Waals surface area contributed by atoms with Gasteiger partial charge in [-0.2, -0.15) is 0 Å². The summed E-state index contributed by atoms with van der Waals surface area (Å²) in [6.07, 6.45) is 1.51. The van der Waals surface area contributed by atoms with Crippen molar-refractivity contribution in [2.75, 3.05) is 12.8 Å². The number of hydrogen-bond acceptors (Lipinski definition) is 4. The first kappa shape index (κ1) is 18.9. The van der Waals surface area contributed by atoms with Gasteiger partial charge in [-0.15, -0.1) is 0 Å². The van der Waals surface area contributed by atoms with Crippen molar-refractivity contribution in [1.29, 1.82) is 0 Å². The van der Waals surface area contributed by atoms with Crippen molar-refractivity contribution < 1.29 is 23.5 Å². The maximum atomic E-state index is 12.7. The minimum absolute atomic E-state index is 0.225. The largest absolute Gasteiger partial charge is 0.479 e. The van der Waals surface area contributed by atoms with E-state index in [1.54, 1.807) is 6.92 Å². The van der Waals surface area contributed by atoms with Gasteiger partial charge in [-0.05, 0) is 31.7 Å². The van der Waals surface area contributed by atoms with E-state index in [1.165, 1.54) is 0 Å². The van der Waals surface area contributed by atoms with Crippen LogP contribution in [0.1, 0.15) is 38.7 Å². The topological polar surface area (TPSA) is 72.8 Å². The van der Waals surface area contributed by atoms with Crippen molar-refractivity contribution >= 4 is 13.6 Å². The first-order chi connectivity index (χ1) is 10.5. The summed E-state index contributed by atoms with van der Waals surface area (Å²) in [5.74, 6) is -1.09. The van der Waals surface area contributed by atoms with Crippen LogP contribution in [0.4, 0.5) is 0 Å². The Morgan fingerprint density at radius 2 is 1.95 bits per heavy atom. The highest BCUT2D eigenvalue weighted by Crippen LogP contribution is 2.50. The molecule has 0 aliphatic heterocycles. The molecule has 2 atom stereocenters. The molecule has 0 aliphatic carbocycles.